The summed E-state index contributed by atoms with van der Waals surface area (Å²) in [5, 5.41) is 12.4. The first-order valence-electron chi connectivity index (χ1n) is 10.9. The number of rotatable bonds is 7. The lowest BCUT2D eigenvalue weighted by Crippen LogP contribution is -2.51. The third kappa shape index (κ3) is 6.15. The summed E-state index contributed by atoms with van der Waals surface area (Å²) in [7, 11) is 0. The molecule has 1 aliphatic rings. The fourth-order valence-corrected chi connectivity index (χ4v) is 4.43. The zero-order valence-corrected chi connectivity index (χ0v) is 19.6. The Labute approximate surface area is 197 Å². The lowest BCUT2D eigenvalue weighted by atomic mass is 10.1. The average Bonchev–Trinajstić information content (AvgIpc) is 3.27. The van der Waals surface area contributed by atoms with Crippen LogP contribution in [0.4, 0.5) is 5.13 Å². The number of nitrogens with zero attached hydrogens (tertiary/aromatic N) is 4. The molecule has 0 aliphatic carbocycles. The summed E-state index contributed by atoms with van der Waals surface area (Å²) in [5.41, 5.74) is 3.28. The third-order valence-electron chi connectivity index (χ3n) is 5.52. The number of hydrogen-bond acceptors (Lipinski definition) is 7. The maximum absolute atomic E-state index is 12.5. The Hall–Kier alpha value is -3.30. The van der Waals surface area contributed by atoms with Crippen molar-refractivity contribution in [1.29, 1.82) is 0 Å². The van der Waals surface area contributed by atoms with Gasteiger partial charge in [-0.3, -0.25) is 19.8 Å². The number of hydrogen-bond donors (Lipinski definition) is 1. The van der Waals surface area contributed by atoms with Crippen LogP contribution in [0.25, 0.3) is 10.6 Å². The Kier molecular flexibility index (Phi) is 7.31. The van der Waals surface area contributed by atoms with Gasteiger partial charge < -0.3 is 9.64 Å². The molecule has 33 heavy (non-hydrogen) atoms. The Morgan fingerprint density at radius 3 is 2.45 bits per heavy atom. The largest absolute Gasteiger partial charge is 0.484 e. The highest BCUT2D eigenvalue weighted by molar-refractivity contribution is 7.18. The number of nitrogens with one attached hydrogen (secondary N) is 1. The van der Waals surface area contributed by atoms with Crippen molar-refractivity contribution in [2.75, 3.05) is 44.6 Å². The van der Waals surface area contributed by atoms with Crippen molar-refractivity contribution in [3.63, 3.8) is 0 Å². The summed E-state index contributed by atoms with van der Waals surface area (Å²) in [5.74, 6) is 0.508. The summed E-state index contributed by atoms with van der Waals surface area (Å²) in [4.78, 5) is 28.7. The standard InChI is InChI=1S/C24H27N5O3S/c1-17-7-9-19(10-8-17)32-16-22(31)29-13-11-28(12-14-29)15-21(30)25-24-27-26-23(33-24)20-6-4-3-5-18(20)2/h3-10H,11-16H2,1-2H3,(H,25,27,30). The van der Waals surface area contributed by atoms with Gasteiger partial charge in [0.15, 0.2) is 6.61 Å². The number of aryl methyl sites for hydroxylation is 2. The molecule has 172 valence electrons. The molecule has 2 amide bonds. The Balaban J connectivity index is 1.20. The third-order valence-corrected chi connectivity index (χ3v) is 6.39. The van der Waals surface area contributed by atoms with Crippen LogP contribution in [0.2, 0.25) is 0 Å². The summed E-state index contributed by atoms with van der Waals surface area (Å²) in [6, 6.07) is 15.6. The van der Waals surface area contributed by atoms with E-state index in [1.165, 1.54) is 11.3 Å². The van der Waals surface area contributed by atoms with E-state index in [0.717, 1.165) is 21.7 Å². The molecule has 0 unspecified atom stereocenters. The smallest absolute Gasteiger partial charge is 0.260 e. The molecule has 1 saturated heterocycles. The molecule has 0 atom stereocenters. The maximum Gasteiger partial charge on any atom is 0.260 e. The molecule has 1 aliphatic heterocycles. The quantitative estimate of drug-likeness (QED) is 0.577. The summed E-state index contributed by atoms with van der Waals surface area (Å²) >= 11 is 1.36. The number of carbonyl (C=O) groups excluding carboxylic acids is 2. The fraction of sp³-hybridized carbons (Fsp3) is 0.333. The van der Waals surface area contributed by atoms with Gasteiger partial charge in [-0.15, -0.1) is 10.2 Å². The number of amides is 2. The number of ether oxygens (including phenoxy) is 1. The van der Waals surface area contributed by atoms with Gasteiger partial charge in [0, 0.05) is 31.7 Å². The van der Waals surface area contributed by atoms with E-state index in [1.54, 1.807) is 4.90 Å². The SMILES string of the molecule is Cc1ccc(OCC(=O)N2CCN(CC(=O)Nc3nnc(-c4ccccc4C)s3)CC2)cc1. The van der Waals surface area contributed by atoms with Gasteiger partial charge in [-0.2, -0.15) is 0 Å². The fourth-order valence-electron chi connectivity index (χ4n) is 3.58. The number of benzene rings is 2. The zero-order valence-electron chi connectivity index (χ0n) is 18.8. The lowest BCUT2D eigenvalue weighted by Gasteiger charge is -2.34. The number of aromatic nitrogens is 2. The second-order valence-corrected chi connectivity index (χ2v) is 9.01. The molecule has 0 bridgehead atoms. The van der Waals surface area contributed by atoms with Crippen LogP contribution >= 0.6 is 11.3 Å². The van der Waals surface area contributed by atoms with Crippen LogP contribution in [0.15, 0.2) is 48.5 Å². The van der Waals surface area contributed by atoms with E-state index >= 15 is 0 Å². The molecule has 2 heterocycles. The highest BCUT2D eigenvalue weighted by Gasteiger charge is 2.23. The predicted molar refractivity (Wildman–Crippen MR) is 128 cm³/mol. The van der Waals surface area contributed by atoms with Crippen molar-refractivity contribution in [1.82, 2.24) is 20.0 Å². The topological polar surface area (TPSA) is 87.7 Å². The molecule has 2 aromatic carbocycles. The van der Waals surface area contributed by atoms with Crippen molar-refractivity contribution in [3.8, 4) is 16.3 Å². The van der Waals surface area contributed by atoms with Gasteiger partial charge in [0.25, 0.3) is 5.91 Å². The first-order chi connectivity index (χ1) is 16.0. The van der Waals surface area contributed by atoms with Gasteiger partial charge in [-0.25, -0.2) is 0 Å². The Bertz CT molecular complexity index is 1110. The molecule has 8 nitrogen and oxygen atoms in total. The van der Waals surface area contributed by atoms with Crippen molar-refractivity contribution >= 4 is 28.3 Å². The van der Waals surface area contributed by atoms with E-state index in [0.29, 0.717) is 37.1 Å². The summed E-state index contributed by atoms with van der Waals surface area (Å²) in [6.07, 6.45) is 0. The number of anilines is 1. The normalized spacial score (nSPS) is 14.2. The molecule has 1 aromatic heterocycles. The maximum atomic E-state index is 12.5. The van der Waals surface area contributed by atoms with Crippen LogP contribution in [0.3, 0.4) is 0 Å². The Morgan fingerprint density at radius 1 is 1.00 bits per heavy atom. The van der Waals surface area contributed by atoms with E-state index < -0.39 is 0 Å². The number of carbonyl (C=O) groups is 2. The van der Waals surface area contributed by atoms with Gasteiger partial charge >= 0.3 is 0 Å². The second-order valence-electron chi connectivity index (χ2n) is 8.03. The Morgan fingerprint density at radius 2 is 1.73 bits per heavy atom. The van der Waals surface area contributed by atoms with Crippen molar-refractivity contribution < 1.29 is 14.3 Å². The van der Waals surface area contributed by atoms with E-state index in [1.807, 2.05) is 67.3 Å². The minimum absolute atomic E-state index is 0.0177. The van der Waals surface area contributed by atoms with Gasteiger partial charge in [0.05, 0.1) is 6.54 Å². The van der Waals surface area contributed by atoms with Crippen LogP contribution < -0.4 is 10.1 Å². The van der Waals surface area contributed by atoms with Crippen molar-refractivity contribution in [2.45, 2.75) is 13.8 Å². The van der Waals surface area contributed by atoms with Gasteiger partial charge in [-0.1, -0.05) is 53.3 Å². The van der Waals surface area contributed by atoms with E-state index in [-0.39, 0.29) is 25.0 Å². The van der Waals surface area contributed by atoms with Crippen molar-refractivity contribution in [3.05, 3.63) is 59.7 Å². The highest BCUT2D eigenvalue weighted by atomic mass is 32.1. The van der Waals surface area contributed by atoms with Gasteiger partial charge in [0.1, 0.15) is 10.8 Å². The minimum Gasteiger partial charge on any atom is -0.484 e. The molecule has 1 fully saturated rings. The first-order valence-corrected chi connectivity index (χ1v) is 11.7. The van der Waals surface area contributed by atoms with Gasteiger partial charge in [0.2, 0.25) is 11.0 Å². The molecule has 0 radical (unpaired) electrons. The number of piperazine rings is 1. The lowest BCUT2D eigenvalue weighted by molar-refractivity contribution is -0.135. The average molecular weight is 466 g/mol. The molecule has 0 spiro atoms. The molecular formula is C24H27N5O3S. The van der Waals surface area contributed by atoms with Crippen molar-refractivity contribution in [2.24, 2.45) is 0 Å². The van der Waals surface area contributed by atoms with E-state index in [4.69, 9.17) is 4.74 Å². The van der Waals surface area contributed by atoms with Crippen LogP contribution in [0.5, 0.6) is 5.75 Å². The predicted octanol–water partition coefficient (Wildman–Crippen LogP) is 2.98. The monoisotopic (exact) mass is 465 g/mol. The van der Waals surface area contributed by atoms with Crippen LogP contribution in [-0.4, -0.2) is 71.1 Å². The molecule has 3 aromatic rings. The molecule has 1 N–H and O–H groups in total. The van der Waals surface area contributed by atoms with Gasteiger partial charge in [-0.05, 0) is 31.5 Å². The first kappa shape index (κ1) is 22.9. The van der Waals surface area contributed by atoms with Crippen LogP contribution in [0, 0.1) is 13.8 Å². The second kappa shape index (κ2) is 10.5. The van der Waals surface area contributed by atoms with E-state index in [2.05, 4.69) is 15.5 Å². The summed E-state index contributed by atoms with van der Waals surface area (Å²) in [6.45, 7) is 6.70. The molecule has 0 saturated carbocycles. The molecular weight excluding hydrogens is 438 g/mol. The highest BCUT2D eigenvalue weighted by Crippen LogP contribution is 2.28. The van der Waals surface area contributed by atoms with Crippen LogP contribution in [-0.2, 0) is 9.59 Å². The summed E-state index contributed by atoms with van der Waals surface area (Å²) < 4.78 is 5.59. The van der Waals surface area contributed by atoms with E-state index in [9.17, 15) is 9.59 Å². The van der Waals surface area contributed by atoms with Crippen LogP contribution in [0.1, 0.15) is 11.1 Å². The zero-order chi connectivity index (χ0) is 23.2. The molecule has 4 rings (SSSR count). The molecule has 9 heteroatoms. The minimum atomic E-state index is -0.134.